The van der Waals surface area contributed by atoms with E-state index in [2.05, 4.69) is 20.8 Å². The number of fused-ring (bicyclic) bond motifs is 1. The normalized spacial score (nSPS) is 13.5. The third-order valence-electron chi connectivity index (χ3n) is 4.53. The summed E-state index contributed by atoms with van der Waals surface area (Å²) < 4.78 is 24.8. The summed E-state index contributed by atoms with van der Waals surface area (Å²) in [4.78, 5) is 12.4. The van der Waals surface area contributed by atoms with Gasteiger partial charge in [0, 0.05) is 6.54 Å². The molecule has 2 heterocycles. The van der Waals surface area contributed by atoms with Crippen molar-refractivity contribution in [2.45, 2.75) is 23.8 Å². The van der Waals surface area contributed by atoms with Gasteiger partial charge in [-0.25, -0.2) is 4.39 Å². The van der Waals surface area contributed by atoms with Gasteiger partial charge in [-0.1, -0.05) is 41.3 Å². The van der Waals surface area contributed by atoms with Crippen molar-refractivity contribution in [3.63, 3.8) is 0 Å². The van der Waals surface area contributed by atoms with Gasteiger partial charge in [0.15, 0.2) is 15.8 Å². The van der Waals surface area contributed by atoms with Crippen molar-refractivity contribution < 1.29 is 18.7 Å². The number of amides is 1. The van der Waals surface area contributed by atoms with Crippen LogP contribution in [-0.4, -0.2) is 35.1 Å². The molecule has 7 nitrogen and oxygen atoms in total. The highest BCUT2D eigenvalue weighted by molar-refractivity contribution is 8.01. The van der Waals surface area contributed by atoms with E-state index < -0.39 is 0 Å². The van der Waals surface area contributed by atoms with Gasteiger partial charge in [-0.15, -0.1) is 10.2 Å². The first-order valence-electron chi connectivity index (χ1n) is 9.70. The Morgan fingerprint density at radius 2 is 1.94 bits per heavy atom. The maximum absolute atomic E-state index is 13.0. The van der Waals surface area contributed by atoms with Crippen molar-refractivity contribution in [3.8, 4) is 11.5 Å². The highest BCUT2D eigenvalue weighted by atomic mass is 32.2. The molecule has 0 aliphatic carbocycles. The summed E-state index contributed by atoms with van der Waals surface area (Å²) in [7, 11) is 0. The highest BCUT2D eigenvalue weighted by Gasteiger charge is 2.16. The fourth-order valence-corrected chi connectivity index (χ4v) is 4.50. The van der Waals surface area contributed by atoms with Crippen molar-refractivity contribution in [1.29, 1.82) is 0 Å². The van der Waals surface area contributed by atoms with E-state index in [9.17, 15) is 9.18 Å². The Morgan fingerprint density at radius 3 is 2.74 bits per heavy atom. The zero-order valence-corrected chi connectivity index (χ0v) is 18.4. The lowest BCUT2D eigenvalue weighted by Crippen LogP contribution is -2.28. The lowest BCUT2D eigenvalue weighted by molar-refractivity contribution is -0.119. The highest BCUT2D eigenvalue weighted by Crippen LogP contribution is 2.32. The molecule has 2 N–H and O–H groups in total. The van der Waals surface area contributed by atoms with E-state index in [0.717, 1.165) is 16.9 Å². The second-order valence-corrected chi connectivity index (χ2v) is 9.03. The lowest BCUT2D eigenvalue weighted by Gasteiger charge is -2.21. The molecule has 4 rings (SSSR count). The third-order valence-corrected chi connectivity index (χ3v) is 6.55. The van der Waals surface area contributed by atoms with Gasteiger partial charge < -0.3 is 20.1 Å². The molecule has 1 aliphatic heterocycles. The average Bonchev–Trinajstić information content (AvgIpc) is 3.25. The molecule has 162 valence electrons. The molecular weight excluding hydrogens is 439 g/mol. The molecular formula is C21H21FN4O3S2. The van der Waals surface area contributed by atoms with Crippen LogP contribution in [0.5, 0.6) is 11.5 Å². The second-order valence-electron chi connectivity index (χ2n) is 6.83. The Morgan fingerprint density at radius 1 is 1.16 bits per heavy atom. The summed E-state index contributed by atoms with van der Waals surface area (Å²) in [5, 5.41) is 15.0. The Balaban J connectivity index is 1.24. The zero-order chi connectivity index (χ0) is 21.6. The first-order valence-corrected chi connectivity index (χ1v) is 11.5. The summed E-state index contributed by atoms with van der Waals surface area (Å²) in [5.74, 6) is 1.31. The number of carbonyl (C=O) groups excluding carboxylic acids is 1. The van der Waals surface area contributed by atoms with Crippen LogP contribution in [-0.2, 0) is 11.3 Å². The van der Waals surface area contributed by atoms with Crippen LogP contribution in [0.25, 0.3) is 0 Å². The minimum atomic E-state index is -0.264. The van der Waals surface area contributed by atoms with Crippen LogP contribution in [0.1, 0.15) is 24.1 Å². The van der Waals surface area contributed by atoms with E-state index in [1.54, 1.807) is 12.1 Å². The molecule has 1 aromatic heterocycles. The average molecular weight is 461 g/mol. The van der Waals surface area contributed by atoms with E-state index in [4.69, 9.17) is 9.47 Å². The lowest BCUT2D eigenvalue weighted by atomic mass is 10.1. The first kappa shape index (κ1) is 21.4. The molecule has 2 aromatic carbocycles. The van der Waals surface area contributed by atoms with Gasteiger partial charge in [-0.3, -0.25) is 4.79 Å². The minimum Gasteiger partial charge on any atom is -0.486 e. The maximum atomic E-state index is 13.0. The van der Waals surface area contributed by atoms with Crippen LogP contribution in [0.4, 0.5) is 9.52 Å². The van der Waals surface area contributed by atoms with E-state index in [0.29, 0.717) is 35.0 Å². The standard InChI is InChI=1S/C21H21FN4O3S2/c1-13(15-4-7-17-18(10-15)29-9-8-28-17)24-19(27)12-30-21-26-25-20(31-21)23-11-14-2-5-16(22)6-3-14/h2-7,10,13H,8-9,11-12H2,1H3,(H,23,25)(H,24,27)/t13-/m0/s1. The van der Waals surface area contributed by atoms with E-state index >= 15 is 0 Å². The number of benzene rings is 2. The van der Waals surface area contributed by atoms with Crippen molar-refractivity contribution in [1.82, 2.24) is 15.5 Å². The number of hydrogen-bond donors (Lipinski definition) is 2. The van der Waals surface area contributed by atoms with Crippen molar-refractivity contribution in [2.75, 3.05) is 24.3 Å². The topological polar surface area (TPSA) is 85.4 Å². The maximum Gasteiger partial charge on any atom is 0.230 e. The molecule has 1 aliphatic rings. The van der Waals surface area contributed by atoms with Gasteiger partial charge >= 0.3 is 0 Å². The number of hydrogen-bond acceptors (Lipinski definition) is 8. The smallest absolute Gasteiger partial charge is 0.230 e. The summed E-state index contributed by atoms with van der Waals surface area (Å²) >= 11 is 2.70. The van der Waals surface area contributed by atoms with E-state index in [-0.39, 0.29) is 23.5 Å². The van der Waals surface area contributed by atoms with Crippen molar-refractivity contribution in [3.05, 3.63) is 59.4 Å². The van der Waals surface area contributed by atoms with Gasteiger partial charge in [-0.2, -0.15) is 0 Å². The predicted molar refractivity (Wildman–Crippen MR) is 118 cm³/mol. The molecule has 1 amide bonds. The molecule has 0 bridgehead atoms. The molecule has 0 saturated carbocycles. The van der Waals surface area contributed by atoms with Crippen LogP contribution < -0.4 is 20.1 Å². The zero-order valence-electron chi connectivity index (χ0n) is 16.8. The number of halogens is 1. The van der Waals surface area contributed by atoms with Gasteiger partial charge in [0.25, 0.3) is 0 Å². The van der Waals surface area contributed by atoms with Crippen LogP contribution in [0.3, 0.4) is 0 Å². The Bertz CT molecular complexity index is 1050. The number of nitrogens with zero attached hydrogens (tertiary/aromatic N) is 2. The molecule has 1 atom stereocenters. The molecule has 3 aromatic rings. The Kier molecular flexibility index (Phi) is 6.88. The first-order chi connectivity index (χ1) is 15.1. The summed E-state index contributed by atoms with van der Waals surface area (Å²) in [6.07, 6.45) is 0. The summed E-state index contributed by atoms with van der Waals surface area (Å²) in [5.41, 5.74) is 1.89. The number of nitrogens with one attached hydrogen (secondary N) is 2. The van der Waals surface area contributed by atoms with Gasteiger partial charge in [0.1, 0.15) is 19.0 Å². The van der Waals surface area contributed by atoms with Gasteiger partial charge in [0.2, 0.25) is 11.0 Å². The largest absolute Gasteiger partial charge is 0.486 e. The molecule has 0 unspecified atom stereocenters. The molecule has 0 fully saturated rings. The van der Waals surface area contributed by atoms with Gasteiger partial charge in [-0.05, 0) is 42.3 Å². The van der Waals surface area contributed by atoms with E-state index in [1.165, 1.54) is 35.2 Å². The van der Waals surface area contributed by atoms with Crippen LogP contribution in [0, 0.1) is 5.82 Å². The number of ether oxygens (including phenoxy) is 2. The number of aromatic nitrogens is 2. The molecule has 0 radical (unpaired) electrons. The molecule has 0 saturated heterocycles. The van der Waals surface area contributed by atoms with Crippen LogP contribution in [0.2, 0.25) is 0 Å². The quantitative estimate of drug-likeness (QED) is 0.491. The molecule has 31 heavy (non-hydrogen) atoms. The Labute approximate surface area is 187 Å². The second kappa shape index (κ2) is 9.97. The number of rotatable bonds is 8. The van der Waals surface area contributed by atoms with Crippen molar-refractivity contribution in [2.24, 2.45) is 0 Å². The fraction of sp³-hybridized carbons (Fsp3) is 0.286. The summed E-state index contributed by atoms with van der Waals surface area (Å²) in [6, 6.07) is 11.8. The monoisotopic (exact) mass is 460 g/mol. The number of thioether (sulfide) groups is 1. The fourth-order valence-electron chi connectivity index (χ4n) is 2.94. The number of anilines is 1. The van der Waals surface area contributed by atoms with Crippen LogP contribution in [0.15, 0.2) is 46.8 Å². The Hall–Kier alpha value is -2.85. The predicted octanol–water partition coefficient (Wildman–Crippen LogP) is 4.03. The van der Waals surface area contributed by atoms with Crippen molar-refractivity contribution >= 4 is 34.1 Å². The summed E-state index contributed by atoms with van der Waals surface area (Å²) in [6.45, 7) is 3.52. The van der Waals surface area contributed by atoms with E-state index in [1.807, 2.05) is 25.1 Å². The SMILES string of the molecule is C[C@H](NC(=O)CSc1nnc(NCc2ccc(F)cc2)s1)c1ccc2c(c1)OCCO2. The van der Waals surface area contributed by atoms with Gasteiger partial charge in [0.05, 0.1) is 11.8 Å². The number of carbonyl (C=O) groups is 1. The van der Waals surface area contributed by atoms with Crippen LogP contribution >= 0.6 is 23.1 Å². The third kappa shape index (κ3) is 5.86. The molecule has 0 spiro atoms. The minimum absolute atomic E-state index is 0.0941. The molecule has 10 heteroatoms.